The van der Waals surface area contributed by atoms with Gasteiger partial charge in [-0.2, -0.15) is 4.52 Å². The molecule has 4 rings (SSSR count). The largest absolute Gasteiger partial charge is 0.497 e. The minimum absolute atomic E-state index is 0.191. The van der Waals surface area contributed by atoms with Crippen molar-refractivity contribution in [2.75, 3.05) is 34.5 Å². The highest BCUT2D eigenvalue weighted by Crippen LogP contribution is 2.32. The van der Waals surface area contributed by atoms with E-state index in [-0.39, 0.29) is 19.1 Å². The van der Waals surface area contributed by atoms with Gasteiger partial charge in [0.2, 0.25) is 5.88 Å². The van der Waals surface area contributed by atoms with Crippen LogP contribution in [0.3, 0.4) is 0 Å². The van der Waals surface area contributed by atoms with Crippen LogP contribution in [0.5, 0.6) is 23.1 Å². The Kier molecular flexibility index (Phi) is 6.98. The fraction of sp³-hybridized carbons (Fsp3) is 0.217. The lowest BCUT2D eigenvalue weighted by Crippen LogP contribution is -2.28. The number of hydrogen-bond donors (Lipinski definition) is 1. The van der Waals surface area contributed by atoms with Crippen molar-refractivity contribution < 1.29 is 23.7 Å². The van der Waals surface area contributed by atoms with Gasteiger partial charge in [0.25, 0.3) is 5.91 Å². The first-order valence-corrected chi connectivity index (χ1v) is 10.6. The van der Waals surface area contributed by atoms with Crippen LogP contribution in [0.25, 0.3) is 17.0 Å². The molecular weight excluding hydrogens is 462 g/mol. The van der Waals surface area contributed by atoms with Gasteiger partial charge in [-0.1, -0.05) is 11.6 Å². The van der Waals surface area contributed by atoms with Crippen LogP contribution in [0.1, 0.15) is 10.4 Å². The Morgan fingerprint density at radius 2 is 1.79 bits per heavy atom. The number of methoxy groups -OCH3 is 3. The van der Waals surface area contributed by atoms with E-state index >= 15 is 0 Å². The van der Waals surface area contributed by atoms with E-state index in [0.29, 0.717) is 50.7 Å². The number of ether oxygens (including phenoxy) is 4. The van der Waals surface area contributed by atoms with Gasteiger partial charge in [0.15, 0.2) is 11.5 Å². The topological polar surface area (TPSA) is 109 Å². The van der Waals surface area contributed by atoms with Crippen LogP contribution in [0.4, 0.5) is 0 Å². The lowest BCUT2D eigenvalue weighted by atomic mass is 10.2. The third-order valence-corrected chi connectivity index (χ3v) is 5.17. The number of benzene rings is 2. The molecule has 0 fully saturated rings. The zero-order valence-corrected chi connectivity index (χ0v) is 19.5. The summed E-state index contributed by atoms with van der Waals surface area (Å²) in [4.78, 5) is 12.5. The summed E-state index contributed by atoms with van der Waals surface area (Å²) in [5, 5.41) is 16.1. The van der Waals surface area contributed by atoms with Crippen molar-refractivity contribution in [3.05, 3.63) is 59.1 Å². The Balaban J connectivity index is 1.45. The van der Waals surface area contributed by atoms with Gasteiger partial charge < -0.3 is 24.3 Å². The van der Waals surface area contributed by atoms with Crippen LogP contribution < -0.4 is 24.3 Å². The van der Waals surface area contributed by atoms with Crippen LogP contribution >= 0.6 is 11.6 Å². The van der Waals surface area contributed by atoms with E-state index < -0.39 is 0 Å². The van der Waals surface area contributed by atoms with Gasteiger partial charge in [0.05, 0.1) is 39.0 Å². The van der Waals surface area contributed by atoms with E-state index in [9.17, 15) is 4.79 Å². The fourth-order valence-corrected chi connectivity index (χ4v) is 3.45. The molecule has 34 heavy (non-hydrogen) atoms. The molecule has 4 aromatic rings. The fourth-order valence-electron chi connectivity index (χ4n) is 3.27. The lowest BCUT2D eigenvalue weighted by Gasteiger charge is -2.11. The third-order valence-electron chi connectivity index (χ3n) is 4.93. The summed E-state index contributed by atoms with van der Waals surface area (Å²) in [5.74, 6) is 2.17. The predicted octanol–water partition coefficient (Wildman–Crippen LogP) is 3.28. The molecule has 0 aliphatic carbocycles. The number of aromatic nitrogens is 4. The number of carbonyl (C=O) groups is 1. The van der Waals surface area contributed by atoms with Crippen molar-refractivity contribution in [1.82, 2.24) is 25.1 Å². The number of rotatable bonds is 9. The molecule has 0 saturated heterocycles. The van der Waals surface area contributed by atoms with Gasteiger partial charge >= 0.3 is 0 Å². The molecule has 0 aliphatic rings. The molecule has 10 nitrogen and oxygen atoms in total. The lowest BCUT2D eigenvalue weighted by molar-refractivity contribution is 0.0943. The van der Waals surface area contributed by atoms with Gasteiger partial charge in [-0.05, 0) is 36.4 Å². The van der Waals surface area contributed by atoms with Gasteiger partial charge in [-0.15, -0.1) is 15.3 Å². The zero-order chi connectivity index (χ0) is 24.1. The quantitative estimate of drug-likeness (QED) is 0.361. The Morgan fingerprint density at radius 3 is 2.56 bits per heavy atom. The van der Waals surface area contributed by atoms with Crippen molar-refractivity contribution in [3.63, 3.8) is 0 Å². The summed E-state index contributed by atoms with van der Waals surface area (Å²) < 4.78 is 23.2. The first-order valence-electron chi connectivity index (χ1n) is 10.2. The smallest absolute Gasteiger partial charge is 0.255 e. The second-order valence-corrected chi connectivity index (χ2v) is 7.42. The molecule has 0 bridgehead atoms. The number of halogens is 1. The van der Waals surface area contributed by atoms with E-state index in [1.807, 2.05) is 6.07 Å². The number of hydrogen-bond acceptors (Lipinski definition) is 8. The second-order valence-electron chi connectivity index (χ2n) is 6.98. The van der Waals surface area contributed by atoms with Crippen molar-refractivity contribution in [2.45, 2.75) is 0 Å². The Morgan fingerprint density at radius 1 is 0.971 bits per heavy atom. The van der Waals surface area contributed by atoms with Gasteiger partial charge in [-0.3, -0.25) is 4.79 Å². The average Bonchev–Trinajstić information content (AvgIpc) is 3.29. The van der Waals surface area contributed by atoms with Crippen LogP contribution in [-0.2, 0) is 0 Å². The van der Waals surface area contributed by atoms with Crippen molar-refractivity contribution >= 4 is 23.2 Å². The van der Waals surface area contributed by atoms with Gasteiger partial charge in [0.1, 0.15) is 23.9 Å². The molecule has 176 valence electrons. The molecule has 2 aromatic carbocycles. The number of nitrogens with zero attached hydrogens (tertiary/aromatic N) is 4. The molecule has 11 heteroatoms. The number of fused-ring (bicyclic) bond motifs is 1. The minimum atomic E-state index is -0.320. The van der Waals surface area contributed by atoms with Crippen molar-refractivity contribution in [1.29, 1.82) is 0 Å². The highest BCUT2D eigenvalue weighted by Gasteiger charge is 2.16. The molecule has 1 N–H and O–H groups in total. The Bertz CT molecular complexity index is 1330. The highest BCUT2D eigenvalue weighted by molar-refractivity contribution is 6.31. The minimum Gasteiger partial charge on any atom is -0.497 e. The van der Waals surface area contributed by atoms with Gasteiger partial charge in [0, 0.05) is 17.2 Å². The van der Waals surface area contributed by atoms with E-state index in [1.54, 1.807) is 61.2 Å². The molecule has 2 aromatic heterocycles. The summed E-state index contributed by atoms with van der Waals surface area (Å²) in [6.45, 7) is 0.437. The van der Waals surface area contributed by atoms with Crippen LogP contribution in [0.2, 0.25) is 5.02 Å². The maximum Gasteiger partial charge on any atom is 0.255 e. The van der Waals surface area contributed by atoms with E-state index in [4.69, 9.17) is 30.5 Å². The molecule has 1 amide bonds. The molecule has 0 radical (unpaired) electrons. The maximum atomic E-state index is 12.5. The molecule has 0 atom stereocenters. The number of carbonyl (C=O) groups excluding carboxylic acids is 1. The monoisotopic (exact) mass is 483 g/mol. The number of amides is 1. The molecule has 0 spiro atoms. The summed E-state index contributed by atoms with van der Waals surface area (Å²) in [7, 11) is 4.64. The summed E-state index contributed by atoms with van der Waals surface area (Å²) >= 11 is 5.99. The second kappa shape index (κ2) is 10.3. The zero-order valence-electron chi connectivity index (χ0n) is 18.7. The standard InChI is InChI=1S/C23H22ClN5O5/c1-31-15-5-6-16(19(13-15)33-3)22-27-26-20-8-9-21(28-29(20)22)34-11-10-25-23(30)17-12-14(24)4-7-18(17)32-2/h4-9,12-13H,10-11H2,1-3H3,(H,25,30). The molecule has 2 heterocycles. The van der Waals surface area contributed by atoms with Crippen LogP contribution in [-0.4, -0.2) is 60.2 Å². The Hall–Kier alpha value is -4.05. The molecular formula is C23H22ClN5O5. The first-order chi connectivity index (χ1) is 16.5. The Labute approximate surface area is 200 Å². The molecule has 0 aliphatic heterocycles. The predicted molar refractivity (Wildman–Crippen MR) is 125 cm³/mol. The van der Waals surface area contributed by atoms with Crippen LogP contribution in [0.15, 0.2) is 48.5 Å². The average molecular weight is 484 g/mol. The first kappa shape index (κ1) is 23.1. The summed E-state index contributed by atoms with van der Waals surface area (Å²) in [5.41, 5.74) is 1.59. The summed E-state index contributed by atoms with van der Waals surface area (Å²) in [6, 6.07) is 13.6. The normalized spacial score (nSPS) is 10.7. The summed E-state index contributed by atoms with van der Waals surface area (Å²) in [6.07, 6.45) is 0. The van der Waals surface area contributed by atoms with Gasteiger partial charge in [-0.25, -0.2) is 0 Å². The molecule has 0 unspecified atom stereocenters. The van der Waals surface area contributed by atoms with E-state index in [0.717, 1.165) is 0 Å². The highest BCUT2D eigenvalue weighted by atomic mass is 35.5. The molecule has 0 saturated carbocycles. The number of nitrogens with one attached hydrogen (secondary N) is 1. The SMILES string of the molecule is COc1ccc(-c2nnc3ccc(OCCNC(=O)c4cc(Cl)ccc4OC)nn23)c(OC)c1. The van der Waals surface area contributed by atoms with Crippen molar-refractivity contribution in [3.8, 4) is 34.5 Å². The maximum absolute atomic E-state index is 12.5. The van der Waals surface area contributed by atoms with E-state index in [1.165, 1.54) is 7.11 Å². The third kappa shape index (κ3) is 4.81. The van der Waals surface area contributed by atoms with Crippen LogP contribution in [0, 0.1) is 0 Å². The van der Waals surface area contributed by atoms with Crippen molar-refractivity contribution in [2.24, 2.45) is 0 Å². The van der Waals surface area contributed by atoms with E-state index in [2.05, 4.69) is 20.6 Å².